The summed E-state index contributed by atoms with van der Waals surface area (Å²) in [6.45, 7) is 2.04. The number of aryl methyl sites for hydroxylation is 1. The first-order chi connectivity index (χ1) is 11.2. The minimum absolute atomic E-state index is 0.177. The molecule has 3 aromatic heterocycles. The topological polar surface area (TPSA) is 77.6 Å². The molecule has 1 aromatic carbocycles. The van der Waals surface area contributed by atoms with E-state index in [9.17, 15) is 0 Å². The smallest absolute Gasteiger partial charge is 0.240 e. The molecule has 0 spiro atoms. The number of aromatic nitrogens is 4. The molecule has 5 nitrogen and oxygen atoms in total. The van der Waals surface area contributed by atoms with Crippen LogP contribution in [0.2, 0.25) is 0 Å². The molecule has 23 heavy (non-hydrogen) atoms. The normalized spacial score (nSPS) is 11.0. The van der Waals surface area contributed by atoms with Gasteiger partial charge in [-0.25, -0.2) is 4.98 Å². The molecule has 112 valence electrons. The number of hydrogen-bond acceptors (Lipinski definition) is 6. The fraction of sp³-hybridized carbons (Fsp3) is 0.0588. The highest BCUT2D eigenvalue weighted by atomic mass is 32.1. The molecule has 0 aliphatic rings. The van der Waals surface area contributed by atoms with Crippen molar-refractivity contribution in [1.82, 2.24) is 20.2 Å². The Morgan fingerprint density at radius 2 is 1.96 bits per heavy atom. The second kappa shape index (κ2) is 5.40. The van der Waals surface area contributed by atoms with Crippen molar-refractivity contribution in [3.05, 3.63) is 53.5 Å². The lowest BCUT2D eigenvalue weighted by molar-refractivity contribution is 0.999. The fourth-order valence-electron chi connectivity index (χ4n) is 2.63. The summed E-state index contributed by atoms with van der Waals surface area (Å²) in [7, 11) is 0. The molecule has 0 fully saturated rings. The maximum absolute atomic E-state index is 5.74. The molecular weight excluding hydrogens is 306 g/mol. The molecule has 4 aromatic rings. The highest BCUT2D eigenvalue weighted by Gasteiger charge is 2.15. The number of hydrogen-bond donors (Lipinski definition) is 1. The number of nitrogens with two attached hydrogens (primary N) is 1. The largest absolute Gasteiger partial charge is 0.366 e. The van der Waals surface area contributed by atoms with Gasteiger partial charge in [0, 0.05) is 17.1 Å². The van der Waals surface area contributed by atoms with E-state index in [4.69, 9.17) is 5.73 Å². The van der Waals surface area contributed by atoms with Crippen LogP contribution in [0.15, 0.2) is 48.0 Å². The Morgan fingerprint density at radius 3 is 2.78 bits per heavy atom. The van der Waals surface area contributed by atoms with Crippen molar-refractivity contribution >= 4 is 28.2 Å². The lowest BCUT2D eigenvalue weighted by Gasteiger charge is -2.09. The Labute approximate surface area is 136 Å². The van der Waals surface area contributed by atoms with E-state index in [1.807, 2.05) is 36.6 Å². The number of rotatable bonds is 2. The van der Waals surface area contributed by atoms with Crippen molar-refractivity contribution in [2.45, 2.75) is 6.92 Å². The second-order valence-electron chi connectivity index (χ2n) is 5.21. The van der Waals surface area contributed by atoms with Crippen LogP contribution in [0.5, 0.6) is 0 Å². The molecule has 0 saturated carbocycles. The van der Waals surface area contributed by atoms with Gasteiger partial charge in [0.15, 0.2) is 0 Å². The SMILES string of the molecule is Cc1cc(-c2nnc(N)nc2-c2cccs2)cc2cccnc12. The van der Waals surface area contributed by atoms with Gasteiger partial charge in [-0.15, -0.1) is 21.5 Å². The number of benzene rings is 1. The van der Waals surface area contributed by atoms with E-state index in [2.05, 4.69) is 32.3 Å². The summed E-state index contributed by atoms with van der Waals surface area (Å²) in [5.74, 6) is 0.177. The predicted molar refractivity (Wildman–Crippen MR) is 93.0 cm³/mol. The van der Waals surface area contributed by atoms with Gasteiger partial charge >= 0.3 is 0 Å². The third kappa shape index (κ3) is 2.43. The Hall–Kier alpha value is -2.86. The van der Waals surface area contributed by atoms with Gasteiger partial charge in [0.25, 0.3) is 0 Å². The van der Waals surface area contributed by atoms with Crippen LogP contribution in [-0.2, 0) is 0 Å². The first-order valence-corrected chi connectivity index (χ1v) is 8.00. The van der Waals surface area contributed by atoms with Crippen molar-refractivity contribution in [3.63, 3.8) is 0 Å². The van der Waals surface area contributed by atoms with Crippen LogP contribution in [0.4, 0.5) is 5.95 Å². The summed E-state index contributed by atoms with van der Waals surface area (Å²) in [6.07, 6.45) is 1.80. The van der Waals surface area contributed by atoms with Gasteiger partial charge in [0.2, 0.25) is 5.95 Å². The maximum Gasteiger partial charge on any atom is 0.240 e. The number of pyridine rings is 1. The van der Waals surface area contributed by atoms with E-state index in [1.54, 1.807) is 17.5 Å². The standard InChI is InChI=1S/C17H13N5S/c1-10-8-12(9-11-4-2-6-19-14(10)11)15-16(13-5-3-7-23-13)20-17(18)22-21-15/h2-9H,1H3,(H2,18,20,22). The number of nitrogens with zero attached hydrogens (tertiary/aromatic N) is 4. The Morgan fingerprint density at radius 1 is 1.04 bits per heavy atom. The zero-order valence-corrected chi connectivity index (χ0v) is 13.2. The quantitative estimate of drug-likeness (QED) is 0.609. The molecule has 6 heteroatoms. The van der Waals surface area contributed by atoms with E-state index < -0.39 is 0 Å². The molecule has 0 unspecified atom stereocenters. The number of thiophene rings is 1. The van der Waals surface area contributed by atoms with Gasteiger partial charge in [0.1, 0.15) is 11.4 Å². The zero-order valence-electron chi connectivity index (χ0n) is 12.4. The van der Waals surface area contributed by atoms with Gasteiger partial charge in [-0.05, 0) is 42.1 Å². The lowest BCUT2D eigenvalue weighted by Crippen LogP contribution is -2.02. The molecule has 0 amide bonds. The van der Waals surface area contributed by atoms with E-state index in [-0.39, 0.29) is 5.95 Å². The molecular formula is C17H13N5S. The Kier molecular flexibility index (Phi) is 3.24. The van der Waals surface area contributed by atoms with Crippen LogP contribution in [-0.4, -0.2) is 20.2 Å². The molecule has 4 rings (SSSR count). The van der Waals surface area contributed by atoms with Crippen LogP contribution < -0.4 is 5.73 Å². The van der Waals surface area contributed by atoms with Crippen molar-refractivity contribution in [2.24, 2.45) is 0 Å². The van der Waals surface area contributed by atoms with Crippen molar-refractivity contribution in [2.75, 3.05) is 5.73 Å². The summed E-state index contributed by atoms with van der Waals surface area (Å²) >= 11 is 1.60. The Bertz CT molecular complexity index is 995. The van der Waals surface area contributed by atoms with Crippen molar-refractivity contribution in [3.8, 4) is 21.8 Å². The van der Waals surface area contributed by atoms with E-state index in [0.29, 0.717) is 0 Å². The minimum Gasteiger partial charge on any atom is -0.366 e. The molecule has 2 N–H and O–H groups in total. The van der Waals surface area contributed by atoms with E-state index >= 15 is 0 Å². The van der Waals surface area contributed by atoms with Gasteiger partial charge in [0.05, 0.1) is 10.4 Å². The van der Waals surface area contributed by atoms with Gasteiger partial charge in [-0.1, -0.05) is 12.1 Å². The number of fused-ring (bicyclic) bond motifs is 1. The fourth-order valence-corrected chi connectivity index (χ4v) is 3.34. The van der Waals surface area contributed by atoms with Crippen LogP contribution in [0.25, 0.3) is 32.7 Å². The highest BCUT2D eigenvalue weighted by Crippen LogP contribution is 2.33. The summed E-state index contributed by atoms with van der Waals surface area (Å²) in [5, 5.41) is 11.3. The molecule has 0 aliphatic carbocycles. The summed E-state index contributed by atoms with van der Waals surface area (Å²) in [4.78, 5) is 9.85. The van der Waals surface area contributed by atoms with Gasteiger partial charge < -0.3 is 5.73 Å². The zero-order chi connectivity index (χ0) is 15.8. The monoisotopic (exact) mass is 319 g/mol. The summed E-state index contributed by atoms with van der Waals surface area (Å²) in [5.41, 5.74) is 10.3. The third-order valence-electron chi connectivity index (χ3n) is 3.63. The van der Waals surface area contributed by atoms with E-state index in [1.165, 1.54) is 0 Å². The van der Waals surface area contributed by atoms with E-state index in [0.717, 1.165) is 38.3 Å². The van der Waals surface area contributed by atoms with Gasteiger partial charge in [-0.2, -0.15) is 0 Å². The number of nitrogen functional groups attached to an aromatic ring is 1. The highest BCUT2D eigenvalue weighted by molar-refractivity contribution is 7.13. The molecule has 0 saturated heterocycles. The first kappa shape index (κ1) is 13.8. The van der Waals surface area contributed by atoms with Gasteiger partial charge in [-0.3, -0.25) is 4.98 Å². The summed E-state index contributed by atoms with van der Waals surface area (Å²) in [6, 6.07) is 12.1. The molecule has 3 heterocycles. The Balaban J connectivity index is 1.98. The lowest BCUT2D eigenvalue weighted by atomic mass is 10.0. The number of anilines is 1. The second-order valence-corrected chi connectivity index (χ2v) is 6.16. The van der Waals surface area contributed by atoms with Crippen LogP contribution in [0, 0.1) is 6.92 Å². The molecule has 0 aliphatic heterocycles. The van der Waals surface area contributed by atoms with Crippen LogP contribution in [0.1, 0.15) is 5.56 Å². The maximum atomic E-state index is 5.74. The molecule has 0 radical (unpaired) electrons. The van der Waals surface area contributed by atoms with Crippen molar-refractivity contribution < 1.29 is 0 Å². The van der Waals surface area contributed by atoms with Crippen LogP contribution >= 0.6 is 11.3 Å². The van der Waals surface area contributed by atoms with Crippen LogP contribution in [0.3, 0.4) is 0 Å². The molecule has 0 bridgehead atoms. The average Bonchev–Trinajstić information content (AvgIpc) is 3.09. The molecule has 0 atom stereocenters. The predicted octanol–water partition coefficient (Wildman–Crippen LogP) is 3.71. The van der Waals surface area contributed by atoms with Crippen molar-refractivity contribution in [1.29, 1.82) is 0 Å². The average molecular weight is 319 g/mol. The summed E-state index contributed by atoms with van der Waals surface area (Å²) < 4.78 is 0. The first-order valence-electron chi connectivity index (χ1n) is 7.12. The third-order valence-corrected chi connectivity index (χ3v) is 4.50. The minimum atomic E-state index is 0.177.